The van der Waals surface area contributed by atoms with Gasteiger partial charge in [0.25, 0.3) is 0 Å². The number of amides is 1. The number of hydrogen-bond acceptors (Lipinski definition) is 3. The highest BCUT2D eigenvalue weighted by molar-refractivity contribution is 5.82. The molecular formula is C19H23N3O. The third-order valence-corrected chi connectivity index (χ3v) is 4.57. The van der Waals surface area contributed by atoms with E-state index in [1.54, 1.807) is 6.20 Å². The molecule has 2 aromatic rings. The molecule has 0 bridgehead atoms. The molecule has 1 aromatic heterocycles. The molecule has 3 rings (SSSR count). The second-order valence-corrected chi connectivity index (χ2v) is 6.23. The third-order valence-electron chi connectivity index (χ3n) is 4.57. The van der Waals surface area contributed by atoms with E-state index in [2.05, 4.69) is 34.1 Å². The highest BCUT2D eigenvalue weighted by Gasteiger charge is 2.30. The molecule has 4 heteroatoms. The normalized spacial score (nSPS) is 17.6. The van der Waals surface area contributed by atoms with Crippen LogP contribution in [0, 0.1) is 0 Å². The quantitative estimate of drug-likeness (QED) is 0.868. The lowest BCUT2D eigenvalue weighted by Crippen LogP contribution is -2.49. The van der Waals surface area contributed by atoms with Crippen LogP contribution in [0.15, 0.2) is 48.7 Å². The Morgan fingerprint density at radius 1 is 1.22 bits per heavy atom. The molecule has 0 unspecified atom stereocenters. The summed E-state index contributed by atoms with van der Waals surface area (Å²) in [6, 6.07) is 14.2. The maximum absolute atomic E-state index is 12.8. The SMILES string of the molecule is CN(CCc1ccccn1)C(=O)[C@@H]1Cc2ccccc2CN1C. The van der Waals surface area contributed by atoms with Crippen LogP contribution in [-0.4, -0.2) is 47.4 Å². The number of aromatic nitrogens is 1. The third kappa shape index (κ3) is 3.59. The molecule has 1 atom stereocenters. The summed E-state index contributed by atoms with van der Waals surface area (Å²) in [4.78, 5) is 21.1. The minimum atomic E-state index is -0.0707. The topological polar surface area (TPSA) is 36.4 Å². The van der Waals surface area contributed by atoms with E-state index in [9.17, 15) is 4.79 Å². The molecule has 0 aliphatic carbocycles. The first-order valence-corrected chi connectivity index (χ1v) is 8.07. The Bertz CT molecular complexity index is 671. The number of nitrogens with zero attached hydrogens (tertiary/aromatic N) is 3. The van der Waals surface area contributed by atoms with Crippen LogP contribution >= 0.6 is 0 Å². The van der Waals surface area contributed by atoms with Gasteiger partial charge in [0.1, 0.15) is 0 Å². The summed E-state index contributed by atoms with van der Waals surface area (Å²) in [5.41, 5.74) is 3.65. The Kier molecular flexibility index (Phi) is 4.72. The fraction of sp³-hybridized carbons (Fsp3) is 0.368. The lowest BCUT2D eigenvalue weighted by atomic mass is 9.94. The molecule has 0 radical (unpaired) electrons. The Morgan fingerprint density at radius 3 is 2.70 bits per heavy atom. The summed E-state index contributed by atoms with van der Waals surface area (Å²) in [5.74, 6) is 0.193. The van der Waals surface area contributed by atoms with E-state index in [1.165, 1.54) is 11.1 Å². The minimum Gasteiger partial charge on any atom is -0.344 e. The minimum absolute atomic E-state index is 0.0707. The first kappa shape index (κ1) is 15.7. The van der Waals surface area contributed by atoms with Gasteiger partial charge in [-0.1, -0.05) is 30.3 Å². The lowest BCUT2D eigenvalue weighted by molar-refractivity contribution is -0.135. The predicted molar refractivity (Wildman–Crippen MR) is 91.0 cm³/mol. The molecule has 1 amide bonds. The standard InChI is InChI=1S/C19H23N3O/c1-21(12-10-17-9-5-6-11-20-17)19(23)18-13-15-7-3-4-8-16(15)14-22(18)2/h3-9,11,18H,10,12-14H2,1-2H3/t18-/m0/s1. The highest BCUT2D eigenvalue weighted by Crippen LogP contribution is 2.22. The van der Waals surface area contributed by atoms with Gasteiger partial charge in [0.15, 0.2) is 0 Å². The molecule has 0 saturated carbocycles. The summed E-state index contributed by atoms with van der Waals surface area (Å²) in [6.07, 6.45) is 3.37. The van der Waals surface area contributed by atoms with Crippen LogP contribution in [-0.2, 0) is 24.2 Å². The molecule has 23 heavy (non-hydrogen) atoms. The Balaban J connectivity index is 1.63. The van der Waals surface area contributed by atoms with Gasteiger partial charge in [-0.3, -0.25) is 14.7 Å². The van der Waals surface area contributed by atoms with Crippen molar-refractivity contribution in [3.63, 3.8) is 0 Å². The number of carbonyl (C=O) groups is 1. The van der Waals surface area contributed by atoms with Gasteiger partial charge >= 0.3 is 0 Å². The van der Waals surface area contributed by atoms with Gasteiger partial charge in [0.2, 0.25) is 5.91 Å². The average Bonchev–Trinajstić information content (AvgIpc) is 2.59. The largest absolute Gasteiger partial charge is 0.344 e. The van der Waals surface area contributed by atoms with Crippen molar-refractivity contribution in [2.75, 3.05) is 20.6 Å². The molecule has 0 N–H and O–H groups in total. The van der Waals surface area contributed by atoms with E-state index in [0.29, 0.717) is 6.54 Å². The summed E-state index contributed by atoms with van der Waals surface area (Å²) in [7, 11) is 3.92. The monoisotopic (exact) mass is 309 g/mol. The van der Waals surface area contributed by atoms with Crippen LogP contribution in [0.25, 0.3) is 0 Å². The molecule has 4 nitrogen and oxygen atoms in total. The highest BCUT2D eigenvalue weighted by atomic mass is 16.2. The van der Waals surface area contributed by atoms with Gasteiger partial charge in [-0.05, 0) is 36.7 Å². The number of likely N-dealkylation sites (N-methyl/N-ethyl adjacent to an activating group) is 2. The number of hydrogen-bond donors (Lipinski definition) is 0. The molecule has 0 saturated heterocycles. The van der Waals surface area contributed by atoms with Gasteiger partial charge in [-0.15, -0.1) is 0 Å². The van der Waals surface area contributed by atoms with E-state index in [-0.39, 0.29) is 11.9 Å². The molecule has 0 spiro atoms. The van der Waals surface area contributed by atoms with Crippen LogP contribution in [0.5, 0.6) is 0 Å². The number of benzene rings is 1. The van der Waals surface area contributed by atoms with Crippen molar-refractivity contribution in [3.8, 4) is 0 Å². The second kappa shape index (κ2) is 6.92. The van der Waals surface area contributed by atoms with Crippen LogP contribution < -0.4 is 0 Å². The summed E-state index contributed by atoms with van der Waals surface area (Å²) in [6.45, 7) is 1.53. The summed E-state index contributed by atoms with van der Waals surface area (Å²) < 4.78 is 0. The van der Waals surface area contributed by atoms with Crippen LogP contribution in [0.3, 0.4) is 0 Å². The van der Waals surface area contributed by atoms with Crippen LogP contribution in [0.2, 0.25) is 0 Å². The number of carbonyl (C=O) groups excluding carboxylic acids is 1. The van der Waals surface area contributed by atoms with Crippen molar-refractivity contribution in [2.45, 2.75) is 25.4 Å². The van der Waals surface area contributed by atoms with Crippen molar-refractivity contribution >= 4 is 5.91 Å². The van der Waals surface area contributed by atoms with Crippen molar-refractivity contribution in [1.82, 2.24) is 14.8 Å². The number of pyridine rings is 1. The van der Waals surface area contributed by atoms with Crippen LogP contribution in [0.1, 0.15) is 16.8 Å². The fourth-order valence-corrected chi connectivity index (χ4v) is 3.12. The molecule has 1 aliphatic rings. The second-order valence-electron chi connectivity index (χ2n) is 6.23. The maximum atomic E-state index is 12.8. The smallest absolute Gasteiger partial charge is 0.240 e. The molecule has 0 fully saturated rings. The maximum Gasteiger partial charge on any atom is 0.240 e. The first-order valence-electron chi connectivity index (χ1n) is 8.07. The zero-order valence-electron chi connectivity index (χ0n) is 13.8. The van der Waals surface area contributed by atoms with Gasteiger partial charge in [-0.2, -0.15) is 0 Å². The Morgan fingerprint density at radius 2 is 1.96 bits per heavy atom. The Hall–Kier alpha value is -2.20. The molecule has 120 valence electrons. The van der Waals surface area contributed by atoms with Crippen molar-refractivity contribution < 1.29 is 4.79 Å². The van der Waals surface area contributed by atoms with E-state index in [0.717, 1.165) is 25.1 Å². The van der Waals surface area contributed by atoms with Crippen molar-refractivity contribution in [3.05, 3.63) is 65.5 Å². The van der Waals surface area contributed by atoms with Gasteiger partial charge < -0.3 is 4.90 Å². The molecule has 2 heterocycles. The van der Waals surface area contributed by atoms with Gasteiger partial charge in [-0.25, -0.2) is 0 Å². The zero-order valence-corrected chi connectivity index (χ0v) is 13.8. The first-order chi connectivity index (χ1) is 11.1. The lowest BCUT2D eigenvalue weighted by Gasteiger charge is -2.35. The van der Waals surface area contributed by atoms with E-state index < -0.39 is 0 Å². The predicted octanol–water partition coefficient (Wildman–Crippen LogP) is 2.14. The summed E-state index contributed by atoms with van der Waals surface area (Å²) in [5, 5.41) is 0. The number of fused-ring (bicyclic) bond motifs is 1. The van der Waals surface area contributed by atoms with E-state index >= 15 is 0 Å². The van der Waals surface area contributed by atoms with Crippen molar-refractivity contribution in [2.24, 2.45) is 0 Å². The Labute approximate surface area is 137 Å². The van der Waals surface area contributed by atoms with Gasteiger partial charge in [0, 0.05) is 38.4 Å². The van der Waals surface area contributed by atoms with Crippen LogP contribution in [0.4, 0.5) is 0 Å². The van der Waals surface area contributed by atoms with E-state index in [1.807, 2.05) is 37.2 Å². The zero-order chi connectivity index (χ0) is 16.2. The molecule has 1 aromatic carbocycles. The van der Waals surface area contributed by atoms with Crippen molar-refractivity contribution in [1.29, 1.82) is 0 Å². The van der Waals surface area contributed by atoms with Gasteiger partial charge in [0.05, 0.1) is 6.04 Å². The average molecular weight is 309 g/mol. The summed E-state index contributed by atoms with van der Waals surface area (Å²) >= 11 is 0. The number of rotatable bonds is 4. The molecule has 1 aliphatic heterocycles. The van der Waals surface area contributed by atoms with E-state index in [4.69, 9.17) is 0 Å². The fourth-order valence-electron chi connectivity index (χ4n) is 3.12. The molecular weight excluding hydrogens is 286 g/mol.